The van der Waals surface area contributed by atoms with Crippen LogP contribution >= 0.6 is 0 Å². The molecule has 0 aromatic carbocycles. The Morgan fingerprint density at radius 3 is 2.81 bits per heavy atom. The predicted octanol–water partition coefficient (Wildman–Crippen LogP) is -0.822. The average molecular weight is 291 g/mol. The Balaban J connectivity index is 2.15. The molecule has 110 valence electrons. The Hall–Kier alpha value is -2.97. The van der Waals surface area contributed by atoms with E-state index < -0.39 is 23.8 Å². The number of carboxylic acid groups (broad SMARTS) is 1. The lowest BCUT2D eigenvalue weighted by atomic mass is 10.1. The molecule has 2 rings (SSSR count). The highest BCUT2D eigenvalue weighted by molar-refractivity contribution is 6.02. The van der Waals surface area contributed by atoms with Crippen LogP contribution in [0.4, 0.5) is 0 Å². The van der Waals surface area contributed by atoms with Crippen LogP contribution < -0.4 is 11.1 Å². The normalized spacial score (nSPS) is 12.0. The Morgan fingerprint density at radius 1 is 1.38 bits per heavy atom. The van der Waals surface area contributed by atoms with E-state index in [4.69, 9.17) is 10.8 Å². The number of aliphatic carboxylic acids is 1. The van der Waals surface area contributed by atoms with Gasteiger partial charge in [-0.3, -0.25) is 14.6 Å². The number of primary amides is 1. The number of carboxylic acids is 1. The molecule has 0 bridgehead atoms. The van der Waals surface area contributed by atoms with Crippen molar-refractivity contribution in [2.75, 3.05) is 0 Å². The number of nitrogens with one attached hydrogen (secondary N) is 1. The fourth-order valence-electron chi connectivity index (χ4n) is 1.79. The maximum atomic E-state index is 12.1. The third-order valence-electron chi connectivity index (χ3n) is 2.85. The van der Waals surface area contributed by atoms with Gasteiger partial charge in [0.25, 0.3) is 5.91 Å². The minimum absolute atomic E-state index is 0.0755. The minimum Gasteiger partial charge on any atom is -0.480 e. The molecule has 0 radical (unpaired) electrons. The molecule has 2 aromatic rings. The summed E-state index contributed by atoms with van der Waals surface area (Å²) in [5.41, 5.74) is 5.63. The molecule has 21 heavy (non-hydrogen) atoms. The molecule has 0 fully saturated rings. The summed E-state index contributed by atoms with van der Waals surface area (Å²) < 4.78 is 1.45. The van der Waals surface area contributed by atoms with Crippen molar-refractivity contribution in [1.82, 2.24) is 19.9 Å². The van der Waals surface area contributed by atoms with Gasteiger partial charge in [-0.25, -0.2) is 9.31 Å². The summed E-state index contributed by atoms with van der Waals surface area (Å²) in [6, 6.07) is -1.20. The zero-order chi connectivity index (χ0) is 15.4. The van der Waals surface area contributed by atoms with Crippen molar-refractivity contribution < 1.29 is 19.5 Å². The first-order valence-corrected chi connectivity index (χ1v) is 6.08. The Morgan fingerprint density at radius 2 is 2.14 bits per heavy atom. The highest BCUT2D eigenvalue weighted by atomic mass is 16.4. The lowest BCUT2D eigenvalue weighted by molar-refractivity contribution is -0.139. The molecule has 2 aromatic heterocycles. The SMILES string of the molecule is NC(=O)CC[C@@H](NC(=O)c1cnn2ccncc12)C(=O)O. The molecule has 2 heterocycles. The summed E-state index contributed by atoms with van der Waals surface area (Å²) in [7, 11) is 0. The molecule has 0 spiro atoms. The number of carbonyl (C=O) groups excluding carboxylic acids is 2. The summed E-state index contributed by atoms with van der Waals surface area (Å²) in [4.78, 5) is 37.8. The molecule has 0 saturated heterocycles. The summed E-state index contributed by atoms with van der Waals surface area (Å²) in [5, 5.41) is 15.3. The number of nitrogens with zero attached hydrogens (tertiary/aromatic N) is 3. The van der Waals surface area contributed by atoms with Crippen LogP contribution in [0.5, 0.6) is 0 Å². The second-order valence-electron chi connectivity index (χ2n) is 4.33. The van der Waals surface area contributed by atoms with Crippen molar-refractivity contribution in [3.63, 3.8) is 0 Å². The van der Waals surface area contributed by atoms with E-state index in [1.54, 1.807) is 6.20 Å². The summed E-state index contributed by atoms with van der Waals surface area (Å²) >= 11 is 0. The van der Waals surface area contributed by atoms with Crippen LogP contribution in [0, 0.1) is 0 Å². The number of nitrogens with two attached hydrogens (primary N) is 1. The largest absolute Gasteiger partial charge is 0.480 e. The quantitative estimate of drug-likeness (QED) is 0.635. The molecule has 1 atom stereocenters. The monoisotopic (exact) mass is 291 g/mol. The molecule has 4 N–H and O–H groups in total. The van der Waals surface area contributed by atoms with Gasteiger partial charge in [-0.2, -0.15) is 5.10 Å². The van der Waals surface area contributed by atoms with Crippen LogP contribution in [0.15, 0.2) is 24.8 Å². The predicted molar refractivity (Wildman–Crippen MR) is 70.3 cm³/mol. The van der Waals surface area contributed by atoms with Crippen molar-refractivity contribution in [1.29, 1.82) is 0 Å². The van der Waals surface area contributed by atoms with Crippen molar-refractivity contribution in [3.05, 3.63) is 30.4 Å². The van der Waals surface area contributed by atoms with Crippen molar-refractivity contribution in [3.8, 4) is 0 Å². The summed E-state index contributed by atoms with van der Waals surface area (Å²) in [6.07, 6.45) is 5.63. The number of aromatic nitrogens is 3. The molecule has 9 nitrogen and oxygen atoms in total. The smallest absolute Gasteiger partial charge is 0.326 e. The van der Waals surface area contributed by atoms with Gasteiger partial charge in [-0.05, 0) is 6.42 Å². The Labute approximate surface area is 118 Å². The Bertz CT molecular complexity index is 696. The van der Waals surface area contributed by atoms with Gasteiger partial charge in [0.05, 0.1) is 23.5 Å². The molecule has 9 heteroatoms. The third-order valence-corrected chi connectivity index (χ3v) is 2.85. The van der Waals surface area contributed by atoms with Crippen LogP contribution in [0.2, 0.25) is 0 Å². The van der Waals surface area contributed by atoms with Gasteiger partial charge in [0.2, 0.25) is 5.91 Å². The first-order chi connectivity index (χ1) is 9.99. The second-order valence-corrected chi connectivity index (χ2v) is 4.33. The number of rotatable bonds is 6. The van der Waals surface area contributed by atoms with Crippen LogP contribution in [-0.4, -0.2) is 43.5 Å². The lowest BCUT2D eigenvalue weighted by Crippen LogP contribution is -2.41. The number of carbonyl (C=O) groups is 3. The van der Waals surface area contributed by atoms with E-state index >= 15 is 0 Å². The van der Waals surface area contributed by atoms with Gasteiger partial charge in [-0.15, -0.1) is 0 Å². The van der Waals surface area contributed by atoms with Crippen molar-refractivity contribution in [2.45, 2.75) is 18.9 Å². The number of hydrogen-bond acceptors (Lipinski definition) is 5. The zero-order valence-electron chi connectivity index (χ0n) is 10.9. The highest BCUT2D eigenvalue weighted by Gasteiger charge is 2.22. The molecule has 0 aliphatic heterocycles. The average Bonchev–Trinajstić information content (AvgIpc) is 2.86. The maximum Gasteiger partial charge on any atom is 0.326 e. The van der Waals surface area contributed by atoms with E-state index in [-0.39, 0.29) is 18.4 Å². The van der Waals surface area contributed by atoms with E-state index in [2.05, 4.69) is 15.4 Å². The number of fused-ring (bicyclic) bond motifs is 1. The van der Waals surface area contributed by atoms with E-state index in [9.17, 15) is 14.4 Å². The molecular weight excluding hydrogens is 278 g/mol. The van der Waals surface area contributed by atoms with Gasteiger partial charge < -0.3 is 16.2 Å². The van der Waals surface area contributed by atoms with Crippen LogP contribution in [0.1, 0.15) is 23.2 Å². The lowest BCUT2D eigenvalue weighted by Gasteiger charge is -2.13. The van der Waals surface area contributed by atoms with Gasteiger partial charge in [0, 0.05) is 18.8 Å². The first kappa shape index (κ1) is 14.4. The number of hydrogen-bond donors (Lipinski definition) is 3. The standard InChI is InChI=1S/C12H13N5O4/c13-10(18)2-1-8(12(20)21)16-11(19)7-5-15-17-4-3-14-6-9(7)17/h3-6,8H,1-2H2,(H2,13,18)(H,16,19)(H,20,21)/t8-/m1/s1. The van der Waals surface area contributed by atoms with Crippen LogP contribution in [0.25, 0.3) is 5.52 Å². The van der Waals surface area contributed by atoms with Gasteiger partial charge in [-0.1, -0.05) is 0 Å². The van der Waals surface area contributed by atoms with Crippen molar-refractivity contribution in [2.24, 2.45) is 5.73 Å². The van der Waals surface area contributed by atoms with Gasteiger partial charge >= 0.3 is 5.97 Å². The fourth-order valence-corrected chi connectivity index (χ4v) is 1.79. The summed E-state index contributed by atoms with van der Waals surface area (Å²) in [6.45, 7) is 0. The fraction of sp³-hybridized carbons (Fsp3) is 0.250. The van der Waals surface area contributed by atoms with E-state index in [1.165, 1.54) is 23.1 Å². The highest BCUT2D eigenvalue weighted by Crippen LogP contribution is 2.09. The van der Waals surface area contributed by atoms with Gasteiger partial charge in [0.15, 0.2) is 0 Å². The zero-order valence-corrected chi connectivity index (χ0v) is 10.9. The van der Waals surface area contributed by atoms with Crippen molar-refractivity contribution >= 4 is 23.3 Å². The van der Waals surface area contributed by atoms with E-state index in [0.717, 1.165) is 0 Å². The molecule has 0 unspecified atom stereocenters. The van der Waals surface area contributed by atoms with Crippen LogP contribution in [-0.2, 0) is 9.59 Å². The number of amides is 2. The second kappa shape index (κ2) is 5.99. The molecular formula is C12H13N5O4. The van der Waals surface area contributed by atoms with Crippen LogP contribution in [0.3, 0.4) is 0 Å². The molecule has 0 saturated carbocycles. The molecule has 2 amide bonds. The van der Waals surface area contributed by atoms with E-state index in [1.807, 2.05) is 0 Å². The molecule has 0 aliphatic rings. The van der Waals surface area contributed by atoms with E-state index in [0.29, 0.717) is 5.52 Å². The maximum absolute atomic E-state index is 12.1. The Kier molecular flexibility index (Phi) is 4.12. The topological polar surface area (TPSA) is 140 Å². The molecule has 0 aliphatic carbocycles. The first-order valence-electron chi connectivity index (χ1n) is 6.08. The summed E-state index contributed by atoms with van der Waals surface area (Å²) in [5.74, 6) is -2.47. The van der Waals surface area contributed by atoms with Gasteiger partial charge in [0.1, 0.15) is 6.04 Å². The third kappa shape index (κ3) is 3.32. The minimum atomic E-state index is -1.24.